The number of alkyl halides is 2. The highest BCUT2D eigenvalue weighted by Crippen LogP contribution is 2.50. The van der Waals surface area contributed by atoms with Gasteiger partial charge >= 0.3 is 0 Å². The zero-order chi connectivity index (χ0) is 11.9. The van der Waals surface area contributed by atoms with E-state index in [9.17, 15) is 13.9 Å². The molecule has 0 amide bonds. The fourth-order valence-corrected chi connectivity index (χ4v) is 1.81. The minimum atomic E-state index is -2.95. The largest absolute Gasteiger partial charge is 0.504 e. The van der Waals surface area contributed by atoms with Crippen molar-refractivity contribution in [1.82, 2.24) is 0 Å². The Bertz CT molecular complexity index is 418. The monoisotopic (exact) mass is 230 g/mol. The topological polar surface area (TPSA) is 38.7 Å². The lowest BCUT2D eigenvalue weighted by Gasteiger charge is -2.32. The second-order valence-electron chi connectivity index (χ2n) is 3.80. The van der Waals surface area contributed by atoms with Gasteiger partial charge in [0.1, 0.15) is 5.75 Å². The van der Waals surface area contributed by atoms with Crippen molar-refractivity contribution in [3.05, 3.63) is 17.7 Å². The Morgan fingerprint density at radius 3 is 2.81 bits per heavy atom. The van der Waals surface area contributed by atoms with Gasteiger partial charge in [0.2, 0.25) is 0 Å². The minimum absolute atomic E-state index is 0.0952. The Morgan fingerprint density at radius 2 is 2.19 bits per heavy atom. The van der Waals surface area contributed by atoms with E-state index < -0.39 is 18.4 Å². The number of aromatic hydroxyl groups is 1. The van der Waals surface area contributed by atoms with E-state index in [1.54, 1.807) is 0 Å². The van der Waals surface area contributed by atoms with E-state index in [1.807, 2.05) is 0 Å². The lowest BCUT2D eigenvalue weighted by atomic mass is 9.90. The number of rotatable bonds is 1. The first-order valence-electron chi connectivity index (χ1n) is 4.88. The molecule has 0 saturated heterocycles. The number of phenolic OH excluding ortho intramolecular Hbond substituents is 1. The zero-order valence-electron chi connectivity index (χ0n) is 8.96. The fourth-order valence-electron chi connectivity index (χ4n) is 1.81. The van der Waals surface area contributed by atoms with Gasteiger partial charge < -0.3 is 14.6 Å². The Hall–Kier alpha value is -1.52. The molecule has 5 heteroatoms. The first-order chi connectivity index (χ1) is 7.47. The highest BCUT2D eigenvalue weighted by atomic mass is 19.3. The molecule has 3 nitrogen and oxygen atoms in total. The minimum Gasteiger partial charge on any atom is -0.504 e. The maximum absolute atomic E-state index is 13.5. The van der Waals surface area contributed by atoms with Crippen LogP contribution in [0.2, 0.25) is 0 Å². The number of halogens is 2. The van der Waals surface area contributed by atoms with Crippen molar-refractivity contribution in [2.45, 2.75) is 18.8 Å². The third kappa shape index (κ3) is 1.47. The van der Waals surface area contributed by atoms with E-state index >= 15 is 0 Å². The van der Waals surface area contributed by atoms with E-state index in [0.29, 0.717) is 5.75 Å². The summed E-state index contributed by atoms with van der Waals surface area (Å²) in [7, 11) is 1.39. The SMILES string of the molecule is COc1ccc(O)c2c1C(C)C(F)(F)CO2. The second kappa shape index (κ2) is 3.50. The van der Waals surface area contributed by atoms with Gasteiger partial charge in [0.25, 0.3) is 5.92 Å². The maximum atomic E-state index is 13.5. The molecule has 0 fully saturated rings. The summed E-state index contributed by atoms with van der Waals surface area (Å²) in [5.74, 6) is -3.73. The van der Waals surface area contributed by atoms with Gasteiger partial charge in [0.05, 0.1) is 13.0 Å². The summed E-state index contributed by atoms with van der Waals surface area (Å²) in [5.41, 5.74) is 0.221. The molecule has 1 aliphatic rings. The third-order valence-electron chi connectivity index (χ3n) is 2.83. The summed E-state index contributed by atoms with van der Waals surface area (Å²) < 4.78 is 36.8. The van der Waals surface area contributed by atoms with Crippen LogP contribution in [0.5, 0.6) is 17.2 Å². The molecular weight excluding hydrogens is 218 g/mol. The molecule has 16 heavy (non-hydrogen) atoms. The summed E-state index contributed by atoms with van der Waals surface area (Å²) in [6.07, 6.45) is 0. The van der Waals surface area contributed by atoms with Crippen LogP contribution in [0.4, 0.5) is 8.78 Å². The molecule has 2 rings (SSSR count). The normalized spacial score (nSPS) is 22.1. The fraction of sp³-hybridized carbons (Fsp3) is 0.455. The van der Waals surface area contributed by atoms with E-state index in [-0.39, 0.29) is 17.1 Å². The van der Waals surface area contributed by atoms with Crippen molar-refractivity contribution in [2.75, 3.05) is 13.7 Å². The van der Waals surface area contributed by atoms with Crippen LogP contribution < -0.4 is 9.47 Å². The smallest absolute Gasteiger partial charge is 0.288 e. The maximum Gasteiger partial charge on any atom is 0.288 e. The van der Waals surface area contributed by atoms with Crippen LogP contribution in [0.3, 0.4) is 0 Å². The molecule has 1 aliphatic heterocycles. The average Bonchev–Trinajstić information content (AvgIpc) is 2.24. The van der Waals surface area contributed by atoms with Gasteiger partial charge in [0.15, 0.2) is 18.1 Å². The van der Waals surface area contributed by atoms with Crippen LogP contribution in [0, 0.1) is 0 Å². The number of ether oxygens (including phenoxy) is 2. The molecule has 0 aromatic heterocycles. The van der Waals surface area contributed by atoms with Gasteiger partial charge in [-0.15, -0.1) is 0 Å². The predicted octanol–water partition coefficient (Wildman–Crippen LogP) is 2.53. The lowest BCUT2D eigenvalue weighted by Crippen LogP contribution is -2.36. The Kier molecular flexibility index (Phi) is 2.40. The zero-order valence-corrected chi connectivity index (χ0v) is 8.96. The van der Waals surface area contributed by atoms with Crippen molar-refractivity contribution in [2.24, 2.45) is 0 Å². The number of phenols is 1. The highest BCUT2D eigenvalue weighted by molar-refractivity contribution is 5.56. The molecule has 0 aliphatic carbocycles. The molecule has 1 unspecified atom stereocenters. The van der Waals surface area contributed by atoms with Crippen molar-refractivity contribution in [3.63, 3.8) is 0 Å². The summed E-state index contributed by atoms with van der Waals surface area (Å²) in [6, 6.07) is 2.82. The lowest BCUT2D eigenvalue weighted by molar-refractivity contribution is -0.0735. The summed E-state index contributed by atoms with van der Waals surface area (Å²) >= 11 is 0. The van der Waals surface area contributed by atoms with Crippen molar-refractivity contribution in [3.8, 4) is 17.2 Å². The standard InChI is InChI=1S/C11H12F2O3/c1-6-9-8(15-2)4-3-7(14)10(9)16-5-11(6,12)13/h3-4,6,14H,5H2,1-2H3. The first-order valence-corrected chi connectivity index (χ1v) is 4.88. The highest BCUT2D eigenvalue weighted by Gasteiger charge is 2.45. The van der Waals surface area contributed by atoms with Crippen LogP contribution in [0.1, 0.15) is 18.4 Å². The van der Waals surface area contributed by atoms with Gasteiger partial charge in [-0.2, -0.15) is 0 Å². The van der Waals surface area contributed by atoms with Crippen molar-refractivity contribution in [1.29, 1.82) is 0 Å². The van der Waals surface area contributed by atoms with Crippen molar-refractivity contribution < 1.29 is 23.4 Å². The van der Waals surface area contributed by atoms with Gasteiger partial charge in [-0.3, -0.25) is 0 Å². The first kappa shape index (κ1) is 11.0. The molecule has 1 atom stereocenters. The molecule has 0 bridgehead atoms. The Morgan fingerprint density at radius 1 is 1.50 bits per heavy atom. The van der Waals surface area contributed by atoms with Crippen LogP contribution in [-0.2, 0) is 0 Å². The van der Waals surface area contributed by atoms with Crippen LogP contribution in [0.15, 0.2) is 12.1 Å². The van der Waals surface area contributed by atoms with E-state index in [4.69, 9.17) is 9.47 Å². The quantitative estimate of drug-likeness (QED) is 0.805. The number of hydrogen-bond acceptors (Lipinski definition) is 3. The van der Waals surface area contributed by atoms with Crippen molar-refractivity contribution >= 4 is 0 Å². The molecule has 1 N–H and O–H groups in total. The summed E-state index contributed by atoms with van der Waals surface area (Å²) in [6.45, 7) is 0.672. The van der Waals surface area contributed by atoms with E-state index in [0.717, 1.165) is 0 Å². The summed E-state index contributed by atoms with van der Waals surface area (Å²) in [4.78, 5) is 0. The molecule has 0 saturated carbocycles. The second-order valence-corrected chi connectivity index (χ2v) is 3.80. The van der Waals surface area contributed by atoms with Crippen LogP contribution >= 0.6 is 0 Å². The summed E-state index contributed by atoms with van der Waals surface area (Å²) in [5, 5.41) is 9.54. The van der Waals surface area contributed by atoms with Crippen LogP contribution in [0.25, 0.3) is 0 Å². The molecule has 0 spiro atoms. The molecule has 1 aromatic carbocycles. The molecule has 1 heterocycles. The molecule has 0 radical (unpaired) electrons. The number of fused-ring (bicyclic) bond motifs is 1. The molecule has 88 valence electrons. The molecular formula is C11H12F2O3. The number of hydrogen-bond donors (Lipinski definition) is 1. The average molecular weight is 230 g/mol. The Labute approximate surface area is 91.6 Å². The van der Waals surface area contributed by atoms with E-state index in [1.165, 1.54) is 26.2 Å². The van der Waals surface area contributed by atoms with Crippen LogP contribution in [-0.4, -0.2) is 24.7 Å². The predicted molar refractivity (Wildman–Crippen MR) is 53.5 cm³/mol. The Balaban J connectivity index is 2.60. The van der Waals surface area contributed by atoms with E-state index in [2.05, 4.69) is 0 Å². The van der Waals surface area contributed by atoms with Gasteiger partial charge in [-0.05, 0) is 12.1 Å². The number of benzene rings is 1. The molecule has 1 aromatic rings. The van der Waals surface area contributed by atoms with Gasteiger partial charge in [0, 0.05) is 5.56 Å². The van der Waals surface area contributed by atoms with Gasteiger partial charge in [-0.1, -0.05) is 6.92 Å². The third-order valence-corrected chi connectivity index (χ3v) is 2.83. The van der Waals surface area contributed by atoms with Gasteiger partial charge in [-0.25, -0.2) is 8.78 Å². The number of methoxy groups -OCH3 is 1.